The fraction of sp³-hybridized carbons (Fsp3) is 0.727. The highest BCUT2D eigenvalue weighted by atomic mass is 16.5. The van der Waals surface area contributed by atoms with Gasteiger partial charge in [-0.15, -0.1) is 0 Å². The monoisotopic (exact) mass is 211 g/mol. The number of aromatic nitrogens is 2. The highest BCUT2D eigenvalue weighted by Gasteiger charge is 2.08. The lowest BCUT2D eigenvalue weighted by Crippen LogP contribution is -2.26. The number of hydrogen-bond donors (Lipinski definition) is 1. The van der Waals surface area contributed by atoms with Gasteiger partial charge >= 0.3 is 0 Å². The summed E-state index contributed by atoms with van der Waals surface area (Å²) in [6, 6.07) is 0.345. The number of methoxy groups -OCH3 is 1. The lowest BCUT2D eigenvalue weighted by Gasteiger charge is -2.16. The normalized spacial score (nSPS) is 15.2. The quantitative estimate of drug-likeness (QED) is 0.772. The Morgan fingerprint density at radius 3 is 2.80 bits per heavy atom. The Hall–Kier alpha value is -0.870. The van der Waals surface area contributed by atoms with Crippen LogP contribution < -0.4 is 5.32 Å². The summed E-state index contributed by atoms with van der Waals surface area (Å²) in [4.78, 5) is 0. The summed E-state index contributed by atoms with van der Waals surface area (Å²) in [6.07, 6.45) is 3.94. The van der Waals surface area contributed by atoms with Gasteiger partial charge in [0.1, 0.15) is 0 Å². The fourth-order valence-corrected chi connectivity index (χ4v) is 1.50. The van der Waals surface area contributed by atoms with Crippen LogP contribution >= 0.6 is 0 Å². The first-order valence-electron chi connectivity index (χ1n) is 5.34. The van der Waals surface area contributed by atoms with Crippen molar-refractivity contribution < 1.29 is 4.74 Å². The van der Waals surface area contributed by atoms with Gasteiger partial charge < -0.3 is 10.1 Å². The van der Waals surface area contributed by atoms with Gasteiger partial charge in [0.15, 0.2) is 0 Å². The molecule has 0 bridgehead atoms. The maximum Gasteiger partial charge on any atom is 0.0537 e. The van der Waals surface area contributed by atoms with E-state index in [1.165, 1.54) is 5.56 Å². The average molecular weight is 211 g/mol. The minimum Gasteiger partial charge on any atom is -0.384 e. The van der Waals surface area contributed by atoms with Crippen LogP contribution in [0.5, 0.6) is 0 Å². The predicted molar refractivity (Wildman–Crippen MR) is 60.7 cm³/mol. The standard InChI is InChI=1S/C11H21N3O/c1-9(8-15-4)5-12-10(2)11-6-13-14(3)7-11/h6-7,9-10,12H,5,8H2,1-4H3. The molecule has 1 heterocycles. The average Bonchev–Trinajstić information content (AvgIpc) is 2.62. The Bertz CT molecular complexity index is 285. The van der Waals surface area contributed by atoms with E-state index in [9.17, 15) is 0 Å². The first-order valence-corrected chi connectivity index (χ1v) is 5.34. The molecule has 4 heteroatoms. The predicted octanol–water partition coefficient (Wildman–Crippen LogP) is 1.35. The Kier molecular flexibility index (Phi) is 4.78. The van der Waals surface area contributed by atoms with E-state index in [1.54, 1.807) is 7.11 Å². The minimum absolute atomic E-state index is 0.345. The van der Waals surface area contributed by atoms with E-state index < -0.39 is 0 Å². The van der Waals surface area contributed by atoms with Crippen LogP contribution in [0.25, 0.3) is 0 Å². The van der Waals surface area contributed by atoms with Crippen LogP contribution in [0.15, 0.2) is 12.4 Å². The maximum atomic E-state index is 5.09. The van der Waals surface area contributed by atoms with Crippen LogP contribution in [0.1, 0.15) is 25.5 Å². The first-order chi connectivity index (χ1) is 7.13. The summed E-state index contributed by atoms with van der Waals surface area (Å²) in [6.45, 7) is 6.08. The maximum absolute atomic E-state index is 5.09. The third-order valence-electron chi connectivity index (χ3n) is 2.45. The summed E-state index contributed by atoms with van der Waals surface area (Å²) in [5.74, 6) is 0.536. The van der Waals surface area contributed by atoms with E-state index in [0.717, 1.165) is 13.2 Å². The molecule has 0 aliphatic carbocycles. The second-order valence-corrected chi connectivity index (χ2v) is 4.14. The molecular weight excluding hydrogens is 190 g/mol. The van der Waals surface area contributed by atoms with Crippen molar-refractivity contribution in [2.45, 2.75) is 19.9 Å². The molecule has 0 aliphatic heterocycles. The van der Waals surface area contributed by atoms with Gasteiger partial charge in [0.25, 0.3) is 0 Å². The molecule has 0 saturated heterocycles. The SMILES string of the molecule is COCC(C)CNC(C)c1cnn(C)c1. The molecule has 86 valence electrons. The molecule has 15 heavy (non-hydrogen) atoms. The fourth-order valence-electron chi connectivity index (χ4n) is 1.50. The van der Waals surface area contributed by atoms with E-state index in [1.807, 2.05) is 24.1 Å². The Balaban J connectivity index is 2.33. The van der Waals surface area contributed by atoms with Crippen LogP contribution in [-0.2, 0) is 11.8 Å². The third kappa shape index (κ3) is 4.01. The van der Waals surface area contributed by atoms with Crippen molar-refractivity contribution in [2.24, 2.45) is 13.0 Å². The smallest absolute Gasteiger partial charge is 0.0537 e. The molecule has 1 rings (SSSR count). The number of nitrogens with zero attached hydrogens (tertiary/aromatic N) is 2. The molecule has 0 amide bonds. The largest absolute Gasteiger partial charge is 0.384 e. The molecule has 0 aliphatic rings. The molecule has 0 spiro atoms. The van der Waals surface area contributed by atoms with Crippen molar-refractivity contribution in [1.29, 1.82) is 0 Å². The van der Waals surface area contributed by atoms with Crippen LogP contribution in [0.4, 0.5) is 0 Å². The number of hydrogen-bond acceptors (Lipinski definition) is 3. The van der Waals surface area contributed by atoms with Gasteiger partial charge in [-0.3, -0.25) is 4.68 Å². The molecule has 1 N–H and O–H groups in total. The van der Waals surface area contributed by atoms with E-state index in [2.05, 4.69) is 24.3 Å². The highest BCUT2D eigenvalue weighted by molar-refractivity contribution is 5.08. The Labute approximate surface area is 91.6 Å². The van der Waals surface area contributed by atoms with E-state index >= 15 is 0 Å². The second-order valence-electron chi connectivity index (χ2n) is 4.14. The van der Waals surface area contributed by atoms with Gasteiger partial charge in [0.05, 0.1) is 6.20 Å². The Morgan fingerprint density at radius 2 is 2.27 bits per heavy atom. The van der Waals surface area contributed by atoms with Gasteiger partial charge in [-0.2, -0.15) is 5.10 Å². The van der Waals surface area contributed by atoms with Crippen LogP contribution in [0.2, 0.25) is 0 Å². The topological polar surface area (TPSA) is 39.1 Å². The van der Waals surface area contributed by atoms with Gasteiger partial charge in [-0.1, -0.05) is 6.92 Å². The van der Waals surface area contributed by atoms with Crippen LogP contribution in [0, 0.1) is 5.92 Å². The number of ether oxygens (including phenoxy) is 1. The summed E-state index contributed by atoms with van der Waals surface area (Å²) in [5, 5.41) is 7.62. The lowest BCUT2D eigenvalue weighted by molar-refractivity contribution is 0.157. The molecule has 0 aromatic carbocycles. The van der Waals surface area contributed by atoms with Crippen molar-refractivity contribution in [3.05, 3.63) is 18.0 Å². The molecular formula is C11H21N3O. The van der Waals surface area contributed by atoms with Gasteiger partial charge in [-0.05, 0) is 12.8 Å². The molecule has 0 radical (unpaired) electrons. The zero-order valence-corrected chi connectivity index (χ0v) is 10.0. The van der Waals surface area contributed by atoms with E-state index in [-0.39, 0.29) is 0 Å². The summed E-state index contributed by atoms with van der Waals surface area (Å²) in [5.41, 5.74) is 1.22. The molecule has 4 nitrogen and oxygen atoms in total. The molecule has 1 aromatic heterocycles. The van der Waals surface area contributed by atoms with E-state index in [0.29, 0.717) is 12.0 Å². The van der Waals surface area contributed by atoms with Crippen molar-refractivity contribution in [3.8, 4) is 0 Å². The van der Waals surface area contributed by atoms with Crippen LogP contribution in [0.3, 0.4) is 0 Å². The van der Waals surface area contributed by atoms with Gasteiger partial charge in [0, 0.05) is 45.1 Å². The Morgan fingerprint density at radius 1 is 1.53 bits per heavy atom. The summed E-state index contributed by atoms with van der Waals surface area (Å²) >= 11 is 0. The second kappa shape index (κ2) is 5.88. The molecule has 2 unspecified atom stereocenters. The van der Waals surface area contributed by atoms with Gasteiger partial charge in [-0.25, -0.2) is 0 Å². The molecule has 0 saturated carbocycles. The van der Waals surface area contributed by atoms with Crippen LogP contribution in [-0.4, -0.2) is 30.0 Å². The van der Waals surface area contributed by atoms with E-state index in [4.69, 9.17) is 4.74 Å². The molecule has 0 fully saturated rings. The highest BCUT2D eigenvalue weighted by Crippen LogP contribution is 2.10. The number of rotatable bonds is 6. The van der Waals surface area contributed by atoms with Crippen molar-refractivity contribution in [2.75, 3.05) is 20.3 Å². The van der Waals surface area contributed by atoms with Crippen molar-refractivity contribution in [3.63, 3.8) is 0 Å². The lowest BCUT2D eigenvalue weighted by atomic mass is 10.1. The third-order valence-corrected chi connectivity index (χ3v) is 2.45. The number of aryl methyl sites for hydroxylation is 1. The number of nitrogens with one attached hydrogen (secondary N) is 1. The minimum atomic E-state index is 0.345. The van der Waals surface area contributed by atoms with Gasteiger partial charge in [0.2, 0.25) is 0 Å². The van der Waals surface area contributed by atoms with Crippen molar-refractivity contribution in [1.82, 2.24) is 15.1 Å². The van der Waals surface area contributed by atoms with Crippen molar-refractivity contribution >= 4 is 0 Å². The zero-order valence-electron chi connectivity index (χ0n) is 10.0. The summed E-state index contributed by atoms with van der Waals surface area (Å²) in [7, 11) is 3.67. The summed E-state index contributed by atoms with van der Waals surface area (Å²) < 4.78 is 6.91. The first kappa shape index (κ1) is 12.2. The zero-order chi connectivity index (χ0) is 11.3. The molecule has 1 aromatic rings. The molecule has 2 atom stereocenters.